The molecule has 2 rings (SSSR count). The number of aromatic nitrogens is 5. The summed E-state index contributed by atoms with van der Waals surface area (Å²) in [6.07, 6.45) is 1.77. The number of nitrogens with zero attached hydrogens (tertiary/aromatic N) is 5. The molecule has 0 fully saturated rings. The van der Waals surface area contributed by atoms with Gasteiger partial charge in [-0.2, -0.15) is 5.10 Å². The quantitative estimate of drug-likeness (QED) is 0.830. The molecule has 0 atom stereocenters. The van der Waals surface area contributed by atoms with Crippen LogP contribution in [0.4, 0.5) is 0 Å². The first-order valence-electron chi connectivity index (χ1n) is 5.11. The monoisotopic (exact) mass is 235 g/mol. The van der Waals surface area contributed by atoms with E-state index >= 15 is 0 Å². The molecule has 0 amide bonds. The number of carbonyl (C=O) groups is 1. The lowest BCUT2D eigenvalue weighted by molar-refractivity contribution is 0.0695. The number of hydrogen-bond acceptors (Lipinski definition) is 4. The van der Waals surface area contributed by atoms with Crippen molar-refractivity contribution in [2.75, 3.05) is 0 Å². The Bertz CT molecular complexity index is 569. The van der Waals surface area contributed by atoms with Crippen molar-refractivity contribution in [2.24, 2.45) is 7.05 Å². The van der Waals surface area contributed by atoms with Crippen molar-refractivity contribution < 1.29 is 9.90 Å². The molecular weight excluding hydrogens is 222 g/mol. The second kappa shape index (κ2) is 4.00. The molecular formula is C10H13N5O2. The SMILES string of the molecule is Cc1nn(Cc2cn(C)nn2)c(C)c1C(=O)O. The van der Waals surface area contributed by atoms with E-state index in [9.17, 15) is 4.79 Å². The molecule has 0 saturated heterocycles. The highest BCUT2D eigenvalue weighted by Crippen LogP contribution is 2.13. The molecule has 2 aromatic rings. The largest absolute Gasteiger partial charge is 0.478 e. The van der Waals surface area contributed by atoms with Crippen molar-refractivity contribution in [3.05, 3.63) is 28.8 Å². The van der Waals surface area contributed by atoms with E-state index in [0.29, 0.717) is 17.9 Å². The zero-order valence-electron chi connectivity index (χ0n) is 9.88. The van der Waals surface area contributed by atoms with Gasteiger partial charge in [0.1, 0.15) is 11.3 Å². The highest BCUT2D eigenvalue weighted by atomic mass is 16.4. The van der Waals surface area contributed by atoms with Gasteiger partial charge in [0.25, 0.3) is 0 Å². The van der Waals surface area contributed by atoms with Crippen LogP contribution in [0.1, 0.15) is 27.4 Å². The third-order valence-electron chi connectivity index (χ3n) is 2.56. The van der Waals surface area contributed by atoms with E-state index < -0.39 is 5.97 Å². The van der Waals surface area contributed by atoms with Crippen LogP contribution >= 0.6 is 0 Å². The summed E-state index contributed by atoms with van der Waals surface area (Å²) in [4.78, 5) is 11.0. The minimum atomic E-state index is -0.953. The van der Waals surface area contributed by atoms with E-state index in [2.05, 4.69) is 15.4 Å². The van der Waals surface area contributed by atoms with Gasteiger partial charge in [0.15, 0.2) is 0 Å². The summed E-state index contributed by atoms with van der Waals surface area (Å²) in [5, 5.41) is 21.0. The van der Waals surface area contributed by atoms with Crippen LogP contribution in [0.15, 0.2) is 6.20 Å². The van der Waals surface area contributed by atoms with Crippen LogP contribution < -0.4 is 0 Å². The molecule has 0 saturated carbocycles. The van der Waals surface area contributed by atoms with E-state index in [4.69, 9.17) is 5.11 Å². The maximum Gasteiger partial charge on any atom is 0.339 e. The highest BCUT2D eigenvalue weighted by molar-refractivity contribution is 5.90. The van der Waals surface area contributed by atoms with E-state index in [-0.39, 0.29) is 5.56 Å². The van der Waals surface area contributed by atoms with Crippen molar-refractivity contribution in [3.63, 3.8) is 0 Å². The van der Waals surface area contributed by atoms with Crippen LogP contribution in [0.3, 0.4) is 0 Å². The lowest BCUT2D eigenvalue weighted by Crippen LogP contribution is -2.06. The first kappa shape index (κ1) is 11.3. The predicted octanol–water partition coefficient (Wildman–Crippen LogP) is 0.375. The third kappa shape index (κ3) is 2.03. The molecule has 1 N–H and O–H groups in total. The molecule has 0 spiro atoms. The third-order valence-corrected chi connectivity index (χ3v) is 2.56. The van der Waals surface area contributed by atoms with Gasteiger partial charge in [-0.1, -0.05) is 5.21 Å². The summed E-state index contributed by atoms with van der Waals surface area (Å²) < 4.78 is 3.22. The topological polar surface area (TPSA) is 85.8 Å². The molecule has 17 heavy (non-hydrogen) atoms. The van der Waals surface area contributed by atoms with Crippen LogP contribution in [0.5, 0.6) is 0 Å². The summed E-state index contributed by atoms with van der Waals surface area (Å²) in [5.74, 6) is -0.953. The lowest BCUT2D eigenvalue weighted by Gasteiger charge is -2.00. The number of hydrogen-bond donors (Lipinski definition) is 1. The molecule has 7 heteroatoms. The number of rotatable bonds is 3. The Labute approximate surface area is 97.7 Å². The van der Waals surface area contributed by atoms with Crippen LogP contribution in [-0.2, 0) is 13.6 Å². The Morgan fingerprint density at radius 3 is 2.65 bits per heavy atom. The summed E-state index contributed by atoms with van der Waals surface area (Å²) in [5.41, 5.74) is 2.14. The molecule has 0 aliphatic rings. The average molecular weight is 235 g/mol. The highest BCUT2D eigenvalue weighted by Gasteiger charge is 2.18. The van der Waals surface area contributed by atoms with Crippen LogP contribution in [0.25, 0.3) is 0 Å². The van der Waals surface area contributed by atoms with Gasteiger partial charge in [0.2, 0.25) is 0 Å². The number of carboxylic acid groups (broad SMARTS) is 1. The van der Waals surface area contributed by atoms with E-state index in [1.165, 1.54) is 0 Å². The maximum atomic E-state index is 11.0. The fourth-order valence-electron chi connectivity index (χ4n) is 1.78. The zero-order chi connectivity index (χ0) is 12.6. The Balaban J connectivity index is 2.34. The fourth-order valence-corrected chi connectivity index (χ4v) is 1.78. The van der Waals surface area contributed by atoms with Gasteiger partial charge < -0.3 is 5.11 Å². The van der Waals surface area contributed by atoms with Crippen molar-refractivity contribution in [3.8, 4) is 0 Å². The van der Waals surface area contributed by atoms with Crippen molar-refractivity contribution in [1.82, 2.24) is 24.8 Å². The van der Waals surface area contributed by atoms with Gasteiger partial charge in [-0.25, -0.2) is 4.79 Å². The van der Waals surface area contributed by atoms with E-state index in [1.54, 1.807) is 36.5 Å². The Morgan fingerprint density at radius 2 is 2.18 bits per heavy atom. The standard InChI is InChI=1S/C10H13N5O2/c1-6-9(10(16)17)7(2)15(12-6)5-8-4-14(3)13-11-8/h4H,5H2,1-3H3,(H,16,17). The van der Waals surface area contributed by atoms with Gasteiger partial charge >= 0.3 is 5.97 Å². The van der Waals surface area contributed by atoms with Crippen LogP contribution in [-0.4, -0.2) is 35.9 Å². The zero-order valence-corrected chi connectivity index (χ0v) is 9.88. The molecule has 0 unspecified atom stereocenters. The van der Waals surface area contributed by atoms with E-state index in [1.807, 2.05) is 0 Å². The van der Waals surface area contributed by atoms with E-state index in [0.717, 1.165) is 5.69 Å². The Kier molecular flexibility index (Phi) is 2.66. The lowest BCUT2D eigenvalue weighted by atomic mass is 10.2. The molecule has 90 valence electrons. The van der Waals surface area contributed by atoms with Gasteiger partial charge in [0.05, 0.1) is 17.9 Å². The van der Waals surface area contributed by atoms with Crippen molar-refractivity contribution >= 4 is 5.97 Å². The molecule has 0 aliphatic heterocycles. The second-order valence-corrected chi connectivity index (χ2v) is 3.89. The molecule has 0 bridgehead atoms. The molecule has 0 aliphatic carbocycles. The van der Waals surface area contributed by atoms with Crippen LogP contribution in [0, 0.1) is 13.8 Å². The van der Waals surface area contributed by atoms with Gasteiger partial charge in [-0.05, 0) is 13.8 Å². The number of aryl methyl sites for hydroxylation is 2. The van der Waals surface area contributed by atoms with Crippen molar-refractivity contribution in [2.45, 2.75) is 20.4 Å². The minimum Gasteiger partial charge on any atom is -0.478 e. The normalized spacial score (nSPS) is 10.8. The summed E-state index contributed by atoms with van der Waals surface area (Å²) in [7, 11) is 1.78. The fraction of sp³-hybridized carbons (Fsp3) is 0.400. The first-order chi connectivity index (χ1) is 7.99. The smallest absolute Gasteiger partial charge is 0.339 e. The summed E-state index contributed by atoms with van der Waals surface area (Å²) in [6.45, 7) is 3.84. The molecule has 0 aromatic carbocycles. The molecule has 7 nitrogen and oxygen atoms in total. The Hall–Kier alpha value is -2.18. The molecule has 2 aromatic heterocycles. The molecule has 2 heterocycles. The molecule has 0 radical (unpaired) electrons. The van der Waals surface area contributed by atoms with Crippen LogP contribution in [0.2, 0.25) is 0 Å². The Morgan fingerprint density at radius 1 is 1.47 bits per heavy atom. The predicted molar refractivity (Wildman–Crippen MR) is 58.8 cm³/mol. The second-order valence-electron chi connectivity index (χ2n) is 3.89. The maximum absolute atomic E-state index is 11.0. The number of carboxylic acids is 1. The minimum absolute atomic E-state index is 0.258. The van der Waals surface area contributed by atoms with Gasteiger partial charge in [0, 0.05) is 13.2 Å². The van der Waals surface area contributed by atoms with Gasteiger partial charge in [-0.15, -0.1) is 5.10 Å². The number of aromatic carboxylic acids is 1. The average Bonchev–Trinajstić information content (AvgIpc) is 2.73. The summed E-state index contributed by atoms with van der Waals surface area (Å²) >= 11 is 0. The summed E-state index contributed by atoms with van der Waals surface area (Å²) in [6, 6.07) is 0. The van der Waals surface area contributed by atoms with Gasteiger partial charge in [-0.3, -0.25) is 9.36 Å². The first-order valence-corrected chi connectivity index (χ1v) is 5.11. The van der Waals surface area contributed by atoms with Crippen molar-refractivity contribution in [1.29, 1.82) is 0 Å².